The number of rotatable bonds is 6. The summed E-state index contributed by atoms with van der Waals surface area (Å²) in [5.74, 6) is 2.58. The van der Waals surface area contributed by atoms with Crippen molar-refractivity contribution in [3.8, 4) is 0 Å². The molecule has 0 atom stereocenters. The highest BCUT2D eigenvalue weighted by atomic mass is 16.1. The Morgan fingerprint density at radius 2 is 1.81 bits per heavy atom. The van der Waals surface area contributed by atoms with Crippen LogP contribution in [0.1, 0.15) is 74.1 Å². The molecule has 144 valence electrons. The predicted octanol–water partition coefficient (Wildman–Crippen LogP) is 3.56. The lowest BCUT2D eigenvalue weighted by Crippen LogP contribution is -2.36. The number of nitrogens with one attached hydrogen (secondary N) is 1. The minimum absolute atomic E-state index is 0.155. The van der Waals surface area contributed by atoms with Crippen LogP contribution in [0.4, 0.5) is 0 Å². The molecule has 2 aromatic rings. The SMILES string of the molecule is CCn1c(CCC(=O)NC2CCCCC2)nnc1C1Cc2ccccc2C1. The Kier molecular flexibility index (Phi) is 5.55. The van der Waals surface area contributed by atoms with Gasteiger partial charge in [0.2, 0.25) is 5.91 Å². The second kappa shape index (κ2) is 8.24. The van der Waals surface area contributed by atoms with Crippen LogP contribution in [0.3, 0.4) is 0 Å². The Hall–Kier alpha value is -2.17. The fourth-order valence-corrected chi connectivity index (χ4v) is 4.69. The minimum atomic E-state index is 0.155. The van der Waals surface area contributed by atoms with Crippen LogP contribution in [0, 0.1) is 0 Å². The summed E-state index contributed by atoms with van der Waals surface area (Å²) < 4.78 is 2.23. The standard InChI is InChI=1S/C22H30N4O/c1-2-26-20(12-13-21(27)23-19-10-4-3-5-11-19)24-25-22(26)18-14-16-8-6-7-9-17(16)15-18/h6-9,18-19H,2-5,10-15H2,1H3,(H,23,27). The van der Waals surface area contributed by atoms with E-state index in [-0.39, 0.29) is 5.91 Å². The van der Waals surface area contributed by atoms with Crippen LogP contribution in [-0.4, -0.2) is 26.7 Å². The van der Waals surface area contributed by atoms with Crippen molar-refractivity contribution in [3.63, 3.8) is 0 Å². The first kappa shape index (κ1) is 18.2. The van der Waals surface area contributed by atoms with Crippen LogP contribution >= 0.6 is 0 Å². The number of benzene rings is 1. The van der Waals surface area contributed by atoms with E-state index in [4.69, 9.17) is 0 Å². The van der Waals surface area contributed by atoms with Crippen molar-refractivity contribution in [2.45, 2.75) is 83.2 Å². The van der Waals surface area contributed by atoms with Gasteiger partial charge in [-0.1, -0.05) is 43.5 Å². The number of nitrogens with zero attached hydrogens (tertiary/aromatic N) is 3. The minimum Gasteiger partial charge on any atom is -0.353 e. The fourth-order valence-electron chi connectivity index (χ4n) is 4.69. The zero-order valence-electron chi connectivity index (χ0n) is 16.3. The lowest BCUT2D eigenvalue weighted by Gasteiger charge is -2.22. The third kappa shape index (κ3) is 4.07. The first-order chi connectivity index (χ1) is 13.2. The van der Waals surface area contributed by atoms with E-state index < -0.39 is 0 Å². The average molecular weight is 367 g/mol. The van der Waals surface area contributed by atoms with Gasteiger partial charge in [0.15, 0.2) is 0 Å². The third-order valence-electron chi connectivity index (χ3n) is 6.13. The van der Waals surface area contributed by atoms with Crippen LogP contribution in [0.25, 0.3) is 0 Å². The first-order valence-electron chi connectivity index (χ1n) is 10.5. The van der Waals surface area contributed by atoms with Gasteiger partial charge in [0.25, 0.3) is 0 Å². The Morgan fingerprint density at radius 1 is 1.11 bits per heavy atom. The zero-order chi connectivity index (χ0) is 18.6. The van der Waals surface area contributed by atoms with Crippen LogP contribution in [-0.2, 0) is 30.6 Å². The topological polar surface area (TPSA) is 59.8 Å². The summed E-state index contributed by atoms with van der Waals surface area (Å²) in [7, 11) is 0. The molecule has 1 fully saturated rings. The van der Waals surface area contributed by atoms with E-state index in [2.05, 4.69) is 51.3 Å². The normalized spacial score (nSPS) is 17.8. The number of carbonyl (C=O) groups is 1. The van der Waals surface area contributed by atoms with Gasteiger partial charge in [0.1, 0.15) is 11.6 Å². The average Bonchev–Trinajstić information content (AvgIpc) is 3.30. The van der Waals surface area contributed by atoms with Gasteiger partial charge in [0, 0.05) is 31.3 Å². The molecule has 0 spiro atoms. The summed E-state index contributed by atoms with van der Waals surface area (Å²) in [6.45, 7) is 3.00. The smallest absolute Gasteiger partial charge is 0.220 e. The van der Waals surface area contributed by atoms with Crippen LogP contribution in [0.5, 0.6) is 0 Å². The molecule has 1 amide bonds. The molecule has 4 rings (SSSR count). The predicted molar refractivity (Wildman–Crippen MR) is 106 cm³/mol. The van der Waals surface area contributed by atoms with E-state index in [0.29, 0.717) is 24.8 Å². The summed E-state index contributed by atoms with van der Waals surface area (Å²) in [4.78, 5) is 12.3. The number of amides is 1. The van der Waals surface area contributed by atoms with Crippen molar-refractivity contribution in [2.24, 2.45) is 0 Å². The van der Waals surface area contributed by atoms with Gasteiger partial charge in [-0.05, 0) is 43.7 Å². The van der Waals surface area contributed by atoms with Gasteiger partial charge in [-0.2, -0.15) is 0 Å². The summed E-state index contributed by atoms with van der Waals surface area (Å²) in [5, 5.41) is 12.2. The molecule has 5 heteroatoms. The monoisotopic (exact) mass is 366 g/mol. The number of aryl methyl sites for hydroxylation is 1. The third-order valence-corrected chi connectivity index (χ3v) is 6.13. The molecule has 0 unspecified atom stereocenters. The van der Waals surface area contributed by atoms with Gasteiger partial charge >= 0.3 is 0 Å². The van der Waals surface area contributed by atoms with Gasteiger partial charge in [-0.3, -0.25) is 4.79 Å². The highest BCUT2D eigenvalue weighted by Crippen LogP contribution is 2.33. The molecule has 0 bridgehead atoms. The second-order valence-corrected chi connectivity index (χ2v) is 8.00. The lowest BCUT2D eigenvalue weighted by molar-refractivity contribution is -0.122. The van der Waals surface area contributed by atoms with E-state index in [1.165, 1.54) is 30.4 Å². The molecule has 1 aromatic carbocycles. The van der Waals surface area contributed by atoms with Crippen molar-refractivity contribution in [1.29, 1.82) is 0 Å². The van der Waals surface area contributed by atoms with E-state index in [1.807, 2.05) is 0 Å². The molecule has 1 N–H and O–H groups in total. The lowest BCUT2D eigenvalue weighted by atomic mass is 9.95. The van der Waals surface area contributed by atoms with E-state index in [1.54, 1.807) is 0 Å². The second-order valence-electron chi connectivity index (χ2n) is 8.00. The summed E-state index contributed by atoms with van der Waals surface area (Å²) in [6, 6.07) is 9.05. The van der Waals surface area contributed by atoms with Gasteiger partial charge in [-0.25, -0.2) is 0 Å². The van der Waals surface area contributed by atoms with E-state index >= 15 is 0 Å². The van der Waals surface area contributed by atoms with Crippen LogP contribution < -0.4 is 5.32 Å². The maximum Gasteiger partial charge on any atom is 0.220 e. The first-order valence-corrected chi connectivity index (χ1v) is 10.5. The van der Waals surface area contributed by atoms with Crippen LogP contribution in [0.15, 0.2) is 24.3 Å². The summed E-state index contributed by atoms with van der Waals surface area (Å²) in [6.07, 6.45) is 9.28. The molecule has 1 saturated carbocycles. The summed E-state index contributed by atoms with van der Waals surface area (Å²) in [5.41, 5.74) is 2.86. The van der Waals surface area contributed by atoms with Crippen molar-refractivity contribution in [1.82, 2.24) is 20.1 Å². The molecule has 0 saturated heterocycles. The Balaban J connectivity index is 1.37. The Bertz CT molecular complexity index is 766. The Morgan fingerprint density at radius 3 is 2.48 bits per heavy atom. The quantitative estimate of drug-likeness (QED) is 0.850. The largest absolute Gasteiger partial charge is 0.353 e. The molecule has 0 radical (unpaired) electrons. The maximum atomic E-state index is 12.3. The molecule has 0 aliphatic heterocycles. The van der Waals surface area contributed by atoms with Gasteiger partial charge in [-0.15, -0.1) is 10.2 Å². The zero-order valence-corrected chi connectivity index (χ0v) is 16.3. The van der Waals surface area contributed by atoms with Crippen molar-refractivity contribution >= 4 is 5.91 Å². The molecular weight excluding hydrogens is 336 g/mol. The van der Waals surface area contributed by atoms with Crippen molar-refractivity contribution in [2.75, 3.05) is 0 Å². The molecule has 1 aromatic heterocycles. The highest BCUT2D eigenvalue weighted by molar-refractivity contribution is 5.76. The van der Waals surface area contributed by atoms with Gasteiger partial charge < -0.3 is 9.88 Å². The van der Waals surface area contributed by atoms with Crippen molar-refractivity contribution < 1.29 is 4.79 Å². The van der Waals surface area contributed by atoms with E-state index in [9.17, 15) is 4.79 Å². The maximum absolute atomic E-state index is 12.3. The number of hydrogen-bond acceptors (Lipinski definition) is 3. The molecule has 2 aliphatic rings. The number of carbonyl (C=O) groups excluding carboxylic acids is 1. The molecule has 1 heterocycles. The molecule has 5 nitrogen and oxygen atoms in total. The number of fused-ring (bicyclic) bond motifs is 1. The van der Waals surface area contributed by atoms with Crippen molar-refractivity contribution in [3.05, 3.63) is 47.0 Å². The van der Waals surface area contributed by atoms with Gasteiger partial charge in [0.05, 0.1) is 0 Å². The molecular formula is C22H30N4O. The summed E-state index contributed by atoms with van der Waals surface area (Å²) >= 11 is 0. The Labute approximate surface area is 161 Å². The fraction of sp³-hybridized carbons (Fsp3) is 0.591. The highest BCUT2D eigenvalue weighted by Gasteiger charge is 2.27. The molecule has 2 aliphatic carbocycles. The van der Waals surface area contributed by atoms with E-state index in [0.717, 1.165) is 43.9 Å². The van der Waals surface area contributed by atoms with Crippen LogP contribution in [0.2, 0.25) is 0 Å². The molecule has 27 heavy (non-hydrogen) atoms. The number of aromatic nitrogens is 3. The number of hydrogen-bond donors (Lipinski definition) is 1.